The minimum Gasteiger partial charge on any atom is -0.486 e. The molecule has 2 aromatic carbocycles. The second-order valence-electron chi connectivity index (χ2n) is 4.79. The van der Waals surface area contributed by atoms with E-state index in [1.54, 1.807) is 48.5 Å². The molecule has 0 unspecified atom stereocenters. The Bertz CT molecular complexity index is 770. The average Bonchev–Trinajstić information content (AvgIpc) is 2.59. The van der Waals surface area contributed by atoms with Crippen LogP contribution in [-0.2, 0) is 0 Å². The summed E-state index contributed by atoms with van der Waals surface area (Å²) in [6, 6.07) is 14.2. The van der Waals surface area contributed by atoms with Crippen LogP contribution in [-0.4, -0.2) is 19.0 Å². The number of fused-ring (bicyclic) bond motifs is 1. The fourth-order valence-corrected chi connectivity index (χ4v) is 2.13. The molecule has 1 heterocycles. The van der Waals surface area contributed by atoms with E-state index in [0.29, 0.717) is 35.8 Å². The van der Waals surface area contributed by atoms with Gasteiger partial charge in [0.25, 0.3) is 0 Å². The molecule has 4 heteroatoms. The molecule has 0 bridgehead atoms. The number of hydrogen-bond acceptors (Lipinski definition) is 4. The number of carbonyl (C=O) groups is 1. The third kappa shape index (κ3) is 2.99. The highest BCUT2D eigenvalue weighted by Gasteiger charge is 2.13. The molecule has 0 atom stereocenters. The quantitative estimate of drug-likeness (QED) is 0.643. The Balaban J connectivity index is 1.76. The molecule has 0 radical (unpaired) electrons. The fraction of sp³-hybridized carbons (Fsp3) is 0.111. The Morgan fingerprint density at radius 1 is 1.05 bits per heavy atom. The molecule has 0 aromatic heterocycles. The van der Waals surface area contributed by atoms with E-state index in [0.717, 1.165) is 5.56 Å². The summed E-state index contributed by atoms with van der Waals surface area (Å²) >= 11 is 0. The Morgan fingerprint density at radius 2 is 1.77 bits per heavy atom. The van der Waals surface area contributed by atoms with Crippen LogP contribution in [0.1, 0.15) is 21.5 Å². The van der Waals surface area contributed by atoms with Crippen molar-refractivity contribution < 1.29 is 14.3 Å². The third-order valence-corrected chi connectivity index (χ3v) is 3.29. The maximum absolute atomic E-state index is 12.2. The first-order valence-electron chi connectivity index (χ1n) is 6.88. The summed E-state index contributed by atoms with van der Waals surface area (Å²) in [4.78, 5) is 12.2. The molecule has 4 nitrogen and oxygen atoms in total. The third-order valence-electron chi connectivity index (χ3n) is 3.29. The Labute approximate surface area is 128 Å². The summed E-state index contributed by atoms with van der Waals surface area (Å²) in [7, 11) is 0. The Hall–Kier alpha value is -3.06. The van der Waals surface area contributed by atoms with Gasteiger partial charge in [-0.25, -0.2) is 0 Å². The van der Waals surface area contributed by atoms with Gasteiger partial charge in [0.15, 0.2) is 17.3 Å². The second kappa shape index (κ2) is 6.15. The van der Waals surface area contributed by atoms with E-state index in [4.69, 9.17) is 14.7 Å². The van der Waals surface area contributed by atoms with Gasteiger partial charge in [0.05, 0.1) is 11.6 Å². The number of allylic oxidation sites excluding steroid dienone is 1. The van der Waals surface area contributed by atoms with Crippen molar-refractivity contribution in [1.82, 2.24) is 0 Å². The summed E-state index contributed by atoms with van der Waals surface area (Å²) in [5.74, 6) is 1.16. The molecule has 0 spiro atoms. The van der Waals surface area contributed by atoms with Crippen molar-refractivity contribution in [2.24, 2.45) is 0 Å². The lowest BCUT2D eigenvalue weighted by Crippen LogP contribution is -2.15. The highest BCUT2D eigenvalue weighted by atomic mass is 16.6. The SMILES string of the molecule is N#Cc1ccc(/C=C/C(=O)c2ccc3c(c2)OCCO3)cc1. The number of rotatable bonds is 3. The maximum atomic E-state index is 12.2. The van der Waals surface area contributed by atoms with Gasteiger partial charge in [-0.3, -0.25) is 4.79 Å². The molecule has 22 heavy (non-hydrogen) atoms. The highest BCUT2D eigenvalue weighted by Crippen LogP contribution is 2.30. The standard InChI is InChI=1S/C18H13NO3/c19-12-14-3-1-13(2-4-14)5-7-16(20)15-6-8-17-18(11-15)22-10-9-21-17/h1-8,11H,9-10H2/b7-5+. The number of nitriles is 1. The molecule has 0 fully saturated rings. The van der Waals surface area contributed by atoms with Crippen LogP contribution in [0, 0.1) is 11.3 Å². The van der Waals surface area contributed by atoms with Gasteiger partial charge in [-0.2, -0.15) is 5.26 Å². The first kappa shape index (κ1) is 13.9. The lowest BCUT2D eigenvalue weighted by atomic mass is 10.1. The Kier molecular flexibility index (Phi) is 3.88. The van der Waals surface area contributed by atoms with Crippen LogP contribution in [0.3, 0.4) is 0 Å². The van der Waals surface area contributed by atoms with E-state index < -0.39 is 0 Å². The van der Waals surface area contributed by atoms with Gasteiger partial charge in [0.2, 0.25) is 0 Å². The van der Waals surface area contributed by atoms with Crippen molar-refractivity contribution in [3.8, 4) is 17.6 Å². The van der Waals surface area contributed by atoms with E-state index in [9.17, 15) is 4.79 Å². The number of carbonyl (C=O) groups excluding carboxylic acids is 1. The van der Waals surface area contributed by atoms with E-state index in [1.165, 1.54) is 6.08 Å². The molecule has 1 aliphatic heterocycles. The van der Waals surface area contributed by atoms with Gasteiger partial charge < -0.3 is 9.47 Å². The number of benzene rings is 2. The smallest absolute Gasteiger partial charge is 0.185 e. The first-order chi connectivity index (χ1) is 10.8. The molecule has 108 valence electrons. The molecule has 2 aromatic rings. The zero-order valence-corrected chi connectivity index (χ0v) is 11.8. The van der Waals surface area contributed by atoms with Crippen LogP contribution >= 0.6 is 0 Å². The molecule has 3 rings (SSSR count). The molecule has 0 aliphatic carbocycles. The number of ether oxygens (including phenoxy) is 2. The summed E-state index contributed by atoms with van der Waals surface area (Å²) in [5.41, 5.74) is 2.01. The van der Waals surface area contributed by atoms with Crippen molar-refractivity contribution in [1.29, 1.82) is 5.26 Å². The van der Waals surface area contributed by atoms with Gasteiger partial charge in [-0.15, -0.1) is 0 Å². The van der Waals surface area contributed by atoms with Gasteiger partial charge in [0.1, 0.15) is 13.2 Å². The minimum absolute atomic E-state index is 0.110. The number of ketones is 1. The number of hydrogen-bond donors (Lipinski definition) is 0. The summed E-state index contributed by atoms with van der Waals surface area (Å²) in [6.45, 7) is 1.02. The van der Waals surface area contributed by atoms with Crippen molar-refractivity contribution in [2.75, 3.05) is 13.2 Å². The normalized spacial score (nSPS) is 12.9. The lowest BCUT2D eigenvalue weighted by Gasteiger charge is -2.18. The zero-order chi connectivity index (χ0) is 15.4. The van der Waals surface area contributed by atoms with Crippen LogP contribution < -0.4 is 9.47 Å². The summed E-state index contributed by atoms with van der Waals surface area (Å²) in [5, 5.41) is 8.75. The zero-order valence-electron chi connectivity index (χ0n) is 11.8. The predicted octanol–water partition coefficient (Wildman–Crippen LogP) is 3.23. The van der Waals surface area contributed by atoms with Crippen LogP contribution in [0.5, 0.6) is 11.5 Å². The molecule has 0 saturated heterocycles. The first-order valence-corrected chi connectivity index (χ1v) is 6.88. The van der Waals surface area contributed by atoms with Gasteiger partial charge in [-0.1, -0.05) is 18.2 Å². The van der Waals surface area contributed by atoms with Gasteiger partial charge in [0, 0.05) is 5.56 Å². The topological polar surface area (TPSA) is 59.3 Å². The van der Waals surface area contributed by atoms with Gasteiger partial charge in [-0.05, 0) is 42.0 Å². The summed E-state index contributed by atoms with van der Waals surface area (Å²) < 4.78 is 10.9. The van der Waals surface area contributed by atoms with E-state index in [1.807, 2.05) is 0 Å². The highest BCUT2D eigenvalue weighted by molar-refractivity contribution is 6.07. The van der Waals surface area contributed by atoms with Gasteiger partial charge >= 0.3 is 0 Å². The number of nitrogens with zero attached hydrogens (tertiary/aromatic N) is 1. The van der Waals surface area contributed by atoms with E-state index >= 15 is 0 Å². The molecule has 1 aliphatic rings. The van der Waals surface area contributed by atoms with Crippen molar-refractivity contribution in [3.05, 3.63) is 65.2 Å². The van der Waals surface area contributed by atoms with E-state index in [-0.39, 0.29) is 5.78 Å². The molecular formula is C18H13NO3. The second-order valence-corrected chi connectivity index (χ2v) is 4.79. The fourth-order valence-electron chi connectivity index (χ4n) is 2.13. The van der Waals surface area contributed by atoms with Crippen molar-refractivity contribution >= 4 is 11.9 Å². The van der Waals surface area contributed by atoms with Crippen LogP contribution in [0.15, 0.2) is 48.5 Å². The van der Waals surface area contributed by atoms with Crippen molar-refractivity contribution in [2.45, 2.75) is 0 Å². The maximum Gasteiger partial charge on any atom is 0.185 e. The Morgan fingerprint density at radius 3 is 2.50 bits per heavy atom. The molecule has 0 N–H and O–H groups in total. The van der Waals surface area contributed by atoms with Crippen molar-refractivity contribution in [3.63, 3.8) is 0 Å². The molecule has 0 saturated carbocycles. The molecule has 0 amide bonds. The predicted molar refractivity (Wildman–Crippen MR) is 82.0 cm³/mol. The largest absolute Gasteiger partial charge is 0.486 e. The monoisotopic (exact) mass is 291 g/mol. The average molecular weight is 291 g/mol. The summed E-state index contributed by atoms with van der Waals surface area (Å²) in [6.07, 6.45) is 3.23. The van der Waals surface area contributed by atoms with Crippen LogP contribution in [0.4, 0.5) is 0 Å². The molecular weight excluding hydrogens is 278 g/mol. The minimum atomic E-state index is -0.110. The lowest BCUT2D eigenvalue weighted by molar-refractivity contribution is 0.104. The van der Waals surface area contributed by atoms with Crippen LogP contribution in [0.2, 0.25) is 0 Å². The van der Waals surface area contributed by atoms with Crippen LogP contribution in [0.25, 0.3) is 6.08 Å². The van der Waals surface area contributed by atoms with E-state index in [2.05, 4.69) is 6.07 Å².